The number of amides is 1. The first-order valence-corrected chi connectivity index (χ1v) is 8.25. The molecule has 0 N–H and O–H groups in total. The van der Waals surface area contributed by atoms with Crippen molar-refractivity contribution in [3.63, 3.8) is 0 Å². The van der Waals surface area contributed by atoms with E-state index in [4.69, 9.17) is 0 Å². The summed E-state index contributed by atoms with van der Waals surface area (Å²) in [5.41, 5.74) is 5.05. The Hall–Kier alpha value is -2.33. The monoisotopic (exact) mass is 366 g/mol. The standard InChI is InChI=1S/C19H15BrN2O/c1-21-11-14-7-8-16(20)10-17(14)22-12-15(9-18(22)19(21)23)13-5-3-2-4-6-13/h2-10,12H,11H2,1H3. The summed E-state index contributed by atoms with van der Waals surface area (Å²) < 4.78 is 3.02. The number of fused-ring (bicyclic) bond motifs is 3. The van der Waals surface area contributed by atoms with Gasteiger partial charge in [-0.15, -0.1) is 0 Å². The molecule has 1 aliphatic rings. The molecule has 4 heteroatoms. The SMILES string of the molecule is CN1Cc2ccc(Br)cc2-n2cc(-c3ccccc3)cc2C1=O. The van der Waals surface area contributed by atoms with Gasteiger partial charge in [-0.3, -0.25) is 4.79 Å². The normalized spacial score (nSPS) is 13.5. The van der Waals surface area contributed by atoms with Crippen LogP contribution in [-0.4, -0.2) is 22.4 Å². The Morgan fingerprint density at radius 3 is 2.57 bits per heavy atom. The molecule has 0 saturated carbocycles. The van der Waals surface area contributed by atoms with Crippen LogP contribution in [0.3, 0.4) is 0 Å². The van der Waals surface area contributed by atoms with E-state index in [1.54, 1.807) is 4.90 Å². The van der Waals surface area contributed by atoms with Crippen LogP contribution >= 0.6 is 15.9 Å². The largest absolute Gasteiger partial charge is 0.336 e. The number of rotatable bonds is 1. The molecule has 0 atom stereocenters. The molecule has 0 radical (unpaired) electrons. The molecule has 2 heterocycles. The quantitative estimate of drug-likeness (QED) is 0.622. The Balaban J connectivity index is 1.96. The van der Waals surface area contributed by atoms with Crippen molar-refractivity contribution in [2.24, 2.45) is 0 Å². The fourth-order valence-electron chi connectivity index (χ4n) is 3.03. The van der Waals surface area contributed by atoms with E-state index in [0.29, 0.717) is 12.2 Å². The highest BCUT2D eigenvalue weighted by Gasteiger charge is 2.24. The van der Waals surface area contributed by atoms with E-state index in [0.717, 1.165) is 26.9 Å². The Labute approximate surface area is 143 Å². The Morgan fingerprint density at radius 2 is 1.78 bits per heavy atom. The second kappa shape index (κ2) is 5.39. The fourth-order valence-corrected chi connectivity index (χ4v) is 3.38. The van der Waals surface area contributed by atoms with Gasteiger partial charge in [0.25, 0.3) is 5.91 Å². The predicted octanol–water partition coefficient (Wildman–Crippen LogP) is 4.49. The Bertz CT molecular complexity index is 899. The summed E-state index contributed by atoms with van der Waals surface area (Å²) in [6, 6.07) is 18.3. The maximum Gasteiger partial charge on any atom is 0.270 e. The number of aromatic nitrogens is 1. The average molecular weight is 367 g/mol. The van der Waals surface area contributed by atoms with Crippen LogP contribution in [0.1, 0.15) is 16.1 Å². The lowest BCUT2D eigenvalue weighted by Gasteiger charge is -2.14. The van der Waals surface area contributed by atoms with E-state index in [1.807, 2.05) is 48.1 Å². The molecule has 0 fully saturated rings. The first-order chi connectivity index (χ1) is 11.1. The molecule has 0 spiro atoms. The molecule has 1 amide bonds. The third-order valence-electron chi connectivity index (χ3n) is 4.21. The number of nitrogens with zero attached hydrogens (tertiary/aromatic N) is 2. The van der Waals surface area contributed by atoms with Gasteiger partial charge >= 0.3 is 0 Å². The van der Waals surface area contributed by atoms with Crippen LogP contribution in [0.25, 0.3) is 16.8 Å². The minimum atomic E-state index is 0.0412. The van der Waals surface area contributed by atoms with Gasteiger partial charge in [0.2, 0.25) is 0 Å². The maximum absolute atomic E-state index is 12.7. The van der Waals surface area contributed by atoms with Crippen LogP contribution in [0.4, 0.5) is 0 Å². The minimum Gasteiger partial charge on any atom is -0.336 e. The molecule has 1 aliphatic heterocycles. The van der Waals surface area contributed by atoms with Crippen molar-refractivity contribution >= 4 is 21.8 Å². The highest BCUT2D eigenvalue weighted by Crippen LogP contribution is 2.31. The molecule has 0 bridgehead atoms. The summed E-state index contributed by atoms with van der Waals surface area (Å²) in [6.07, 6.45) is 2.05. The van der Waals surface area contributed by atoms with E-state index in [2.05, 4.69) is 40.2 Å². The highest BCUT2D eigenvalue weighted by atomic mass is 79.9. The van der Waals surface area contributed by atoms with Gasteiger partial charge in [-0.05, 0) is 29.3 Å². The number of hydrogen-bond donors (Lipinski definition) is 0. The number of benzene rings is 2. The zero-order valence-corrected chi connectivity index (χ0v) is 14.2. The van der Waals surface area contributed by atoms with Crippen LogP contribution in [0.2, 0.25) is 0 Å². The van der Waals surface area contributed by atoms with E-state index in [1.165, 1.54) is 0 Å². The molecule has 23 heavy (non-hydrogen) atoms. The van der Waals surface area contributed by atoms with Gasteiger partial charge in [0, 0.05) is 29.8 Å². The van der Waals surface area contributed by atoms with Crippen LogP contribution in [0.15, 0.2) is 65.3 Å². The highest BCUT2D eigenvalue weighted by molar-refractivity contribution is 9.10. The van der Waals surface area contributed by atoms with E-state index >= 15 is 0 Å². The van der Waals surface area contributed by atoms with Crippen molar-refractivity contribution < 1.29 is 4.79 Å². The lowest BCUT2D eigenvalue weighted by Crippen LogP contribution is -2.25. The van der Waals surface area contributed by atoms with Crippen molar-refractivity contribution in [2.75, 3.05) is 7.05 Å². The molecular formula is C19H15BrN2O. The van der Waals surface area contributed by atoms with Gasteiger partial charge in [0.1, 0.15) is 5.69 Å². The zero-order valence-electron chi connectivity index (χ0n) is 12.7. The smallest absolute Gasteiger partial charge is 0.270 e. The summed E-state index contributed by atoms with van der Waals surface area (Å²) in [5.74, 6) is 0.0412. The summed E-state index contributed by atoms with van der Waals surface area (Å²) in [5, 5.41) is 0. The van der Waals surface area contributed by atoms with E-state index < -0.39 is 0 Å². The lowest BCUT2D eigenvalue weighted by molar-refractivity contribution is 0.0782. The molecule has 0 saturated heterocycles. The average Bonchev–Trinajstić information content (AvgIpc) is 2.98. The molecule has 0 aliphatic carbocycles. The van der Waals surface area contributed by atoms with Crippen LogP contribution in [0, 0.1) is 0 Å². The minimum absolute atomic E-state index is 0.0412. The Kier molecular flexibility index (Phi) is 3.34. The Morgan fingerprint density at radius 1 is 1.00 bits per heavy atom. The first kappa shape index (κ1) is 14.3. The van der Waals surface area contributed by atoms with Crippen LogP contribution in [-0.2, 0) is 6.54 Å². The number of halogens is 1. The molecule has 3 nitrogen and oxygen atoms in total. The molecular weight excluding hydrogens is 352 g/mol. The molecule has 4 rings (SSSR count). The van der Waals surface area contributed by atoms with E-state index in [-0.39, 0.29) is 5.91 Å². The number of carbonyl (C=O) groups is 1. The third kappa shape index (κ3) is 2.39. The second-order valence-electron chi connectivity index (χ2n) is 5.78. The van der Waals surface area contributed by atoms with Crippen LogP contribution < -0.4 is 0 Å². The maximum atomic E-state index is 12.7. The first-order valence-electron chi connectivity index (χ1n) is 7.45. The van der Waals surface area contributed by atoms with Gasteiger partial charge in [-0.25, -0.2) is 0 Å². The molecule has 2 aromatic carbocycles. The van der Waals surface area contributed by atoms with Crippen molar-refractivity contribution in [1.82, 2.24) is 9.47 Å². The van der Waals surface area contributed by atoms with Crippen molar-refractivity contribution in [2.45, 2.75) is 6.54 Å². The number of carbonyl (C=O) groups excluding carboxylic acids is 1. The molecule has 3 aromatic rings. The van der Waals surface area contributed by atoms with Gasteiger partial charge in [-0.1, -0.05) is 52.3 Å². The van der Waals surface area contributed by atoms with Gasteiger partial charge < -0.3 is 9.47 Å². The zero-order chi connectivity index (χ0) is 16.0. The summed E-state index contributed by atoms with van der Waals surface area (Å²) in [4.78, 5) is 14.5. The van der Waals surface area contributed by atoms with Crippen molar-refractivity contribution in [3.8, 4) is 16.8 Å². The van der Waals surface area contributed by atoms with Crippen molar-refractivity contribution in [3.05, 3.63) is 76.5 Å². The van der Waals surface area contributed by atoms with Gasteiger partial charge in [0.15, 0.2) is 0 Å². The molecule has 114 valence electrons. The van der Waals surface area contributed by atoms with Crippen molar-refractivity contribution in [1.29, 1.82) is 0 Å². The van der Waals surface area contributed by atoms with E-state index in [9.17, 15) is 4.79 Å². The summed E-state index contributed by atoms with van der Waals surface area (Å²) in [7, 11) is 1.85. The second-order valence-corrected chi connectivity index (χ2v) is 6.70. The van der Waals surface area contributed by atoms with Crippen LogP contribution in [0.5, 0.6) is 0 Å². The summed E-state index contributed by atoms with van der Waals surface area (Å²) in [6.45, 7) is 0.615. The topological polar surface area (TPSA) is 25.2 Å². The third-order valence-corrected chi connectivity index (χ3v) is 4.70. The molecule has 1 aromatic heterocycles. The lowest BCUT2D eigenvalue weighted by atomic mass is 10.1. The fraction of sp³-hybridized carbons (Fsp3) is 0.105. The van der Waals surface area contributed by atoms with Gasteiger partial charge in [-0.2, -0.15) is 0 Å². The molecule has 0 unspecified atom stereocenters. The number of hydrogen-bond acceptors (Lipinski definition) is 1. The van der Waals surface area contributed by atoms with Gasteiger partial charge in [0.05, 0.1) is 5.69 Å². The summed E-state index contributed by atoms with van der Waals surface area (Å²) >= 11 is 3.54. The predicted molar refractivity (Wildman–Crippen MR) is 94.7 cm³/mol.